The summed E-state index contributed by atoms with van der Waals surface area (Å²) in [6.07, 6.45) is -0.465. The van der Waals surface area contributed by atoms with Crippen LogP contribution in [0.4, 0.5) is 4.79 Å². The van der Waals surface area contributed by atoms with E-state index in [1.807, 2.05) is 30.3 Å². The molecule has 6 nitrogen and oxygen atoms in total. The Hall–Kier alpha value is -2.08. The average Bonchev–Trinajstić information content (AvgIpc) is 2.46. The summed E-state index contributed by atoms with van der Waals surface area (Å²) in [7, 11) is 1.74. The van der Waals surface area contributed by atoms with E-state index in [0.29, 0.717) is 13.1 Å². The summed E-state index contributed by atoms with van der Waals surface area (Å²) < 4.78 is 5.21. The molecule has 1 aliphatic heterocycles. The summed E-state index contributed by atoms with van der Waals surface area (Å²) >= 11 is 0. The van der Waals surface area contributed by atoms with Crippen molar-refractivity contribution in [3.8, 4) is 0 Å². The van der Waals surface area contributed by atoms with Crippen LogP contribution >= 0.6 is 0 Å². The van der Waals surface area contributed by atoms with Crippen LogP contribution in [0.3, 0.4) is 0 Å². The zero-order chi connectivity index (χ0) is 14.5. The molecule has 20 heavy (non-hydrogen) atoms. The molecule has 0 spiro atoms. The highest BCUT2D eigenvalue weighted by molar-refractivity contribution is 5.76. The van der Waals surface area contributed by atoms with Crippen molar-refractivity contribution in [1.82, 2.24) is 9.80 Å². The molecule has 0 radical (unpaired) electrons. The minimum absolute atomic E-state index is 0.152. The second-order valence-electron chi connectivity index (χ2n) is 4.82. The molecule has 1 heterocycles. The topological polar surface area (TPSA) is 70.1 Å². The molecule has 0 aromatic heterocycles. The summed E-state index contributed by atoms with van der Waals surface area (Å²) in [6.45, 7) is 1.36. The number of ether oxygens (including phenoxy) is 1. The number of carboxylic acid groups (broad SMARTS) is 1. The lowest BCUT2D eigenvalue weighted by Crippen LogP contribution is -2.56. The number of likely N-dealkylation sites (N-methyl/N-ethyl adjacent to an activating group) is 1. The van der Waals surface area contributed by atoms with Crippen molar-refractivity contribution < 1.29 is 19.4 Å². The van der Waals surface area contributed by atoms with Crippen molar-refractivity contribution in [2.45, 2.75) is 12.6 Å². The van der Waals surface area contributed by atoms with Crippen LogP contribution in [0.5, 0.6) is 0 Å². The first kappa shape index (κ1) is 14.3. The monoisotopic (exact) mass is 278 g/mol. The first-order valence-electron chi connectivity index (χ1n) is 6.46. The molecule has 0 aliphatic carbocycles. The molecular formula is C14H18N2O4. The fourth-order valence-electron chi connectivity index (χ4n) is 2.12. The number of hydrogen-bond donors (Lipinski definition) is 1. The molecule has 2 rings (SSSR count). The minimum Gasteiger partial charge on any atom is -0.480 e. The van der Waals surface area contributed by atoms with Crippen LogP contribution in [0.25, 0.3) is 0 Å². The van der Waals surface area contributed by atoms with Crippen LogP contribution in [0.2, 0.25) is 0 Å². The Bertz CT molecular complexity index is 477. The van der Waals surface area contributed by atoms with E-state index in [9.17, 15) is 9.59 Å². The molecule has 1 amide bonds. The van der Waals surface area contributed by atoms with E-state index in [2.05, 4.69) is 0 Å². The molecule has 1 aromatic rings. The molecule has 1 N–H and O–H groups in total. The van der Waals surface area contributed by atoms with Gasteiger partial charge in [0.25, 0.3) is 0 Å². The Kier molecular flexibility index (Phi) is 4.57. The highest BCUT2D eigenvalue weighted by Crippen LogP contribution is 2.10. The van der Waals surface area contributed by atoms with Crippen molar-refractivity contribution in [3.63, 3.8) is 0 Å². The van der Waals surface area contributed by atoms with E-state index in [0.717, 1.165) is 5.56 Å². The zero-order valence-corrected chi connectivity index (χ0v) is 11.4. The molecule has 1 saturated heterocycles. The van der Waals surface area contributed by atoms with Gasteiger partial charge in [-0.2, -0.15) is 0 Å². The second kappa shape index (κ2) is 6.38. The number of piperazine rings is 1. The maximum Gasteiger partial charge on any atom is 0.410 e. The third kappa shape index (κ3) is 3.48. The summed E-state index contributed by atoms with van der Waals surface area (Å²) in [6, 6.07) is 8.71. The van der Waals surface area contributed by atoms with Gasteiger partial charge in [0.2, 0.25) is 0 Å². The smallest absolute Gasteiger partial charge is 0.410 e. The van der Waals surface area contributed by atoms with Crippen LogP contribution in [0.15, 0.2) is 30.3 Å². The van der Waals surface area contributed by atoms with Crippen molar-refractivity contribution in [2.24, 2.45) is 0 Å². The van der Waals surface area contributed by atoms with Gasteiger partial charge in [-0.25, -0.2) is 4.79 Å². The minimum atomic E-state index is -0.923. The lowest BCUT2D eigenvalue weighted by Gasteiger charge is -2.36. The number of carbonyl (C=O) groups excluding carboxylic acids is 1. The maximum absolute atomic E-state index is 11.9. The van der Waals surface area contributed by atoms with E-state index < -0.39 is 18.1 Å². The number of rotatable bonds is 3. The van der Waals surface area contributed by atoms with E-state index >= 15 is 0 Å². The van der Waals surface area contributed by atoms with E-state index in [4.69, 9.17) is 9.84 Å². The Balaban J connectivity index is 1.88. The van der Waals surface area contributed by atoms with Crippen LogP contribution in [0, 0.1) is 0 Å². The van der Waals surface area contributed by atoms with Gasteiger partial charge >= 0.3 is 12.1 Å². The van der Waals surface area contributed by atoms with Gasteiger partial charge in [0.1, 0.15) is 12.6 Å². The number of carbonyl (C=O) groups is 2. The quantitative estimate of drug-likeness (QED) is 0.894. The molecule has 108 valence electrons. The van der Waals surface area contributed by atoms with Gasteiger partial charge in [-0.05, 0) is 12.6 Å². The SMILES string of the molecule is CN1CCN(C(=O)OCc2ccccc2)CC1C(=O)O. The first-order valence-corrected chi connectivity index (χ1v) is 6.46. The number of benzene rings is 1. The Morgan fingerprint density at radius 1 is 1.30 bits per heavy atom. The molecule has 1 fully saturated rings. The predicted octanol–water partition coefficient (Wildman–Crippen LogP) is 1.02. The number of carboxylic acids is 1. The van der Waals surface area contributed by atoms with Crippen molar-refractivity contribution >= 4 is 12.1 Å². The van der Waals surface area contributed by atoms with Crippen LogP contribution in [0.1, 0.15) is 5.56 Å². The van der Waals surface area contributed by atoms with Crippen LogP contribution < -0.4 is 0 Å². The highest BCUT2D eigenvalue weighted by atomic mass is 16.6. The number of amides is 1. The Labute approximate surface area is 117 Å². The molecule has 1 aromatic carbocycles. The molecule has 1 aliphatic rings. The van der Waals surface area contributed by atoms with Crippen molar-refractivity contribution in [3.05, 3.63) is 35.9 Å². The average molecular weight is 278 g/mol. The lowest BCUT2D eigenvalue weighted by molar-refractivity contribution is -0.144. The fraction of sp³-hybridized carbons (Fsp3) is 0.429. The van der Waals surface area contributed by atoms with Crippen molar-refractivity contribution in [2.75, 3.05) is 26.7 Å². The summed E-state index contributed by atoms with van der Waals surface area (Å²) in [5.41, 5.74) is 0.907. The molecule has 1 atom stereocenters. The van der Waals surface area contributed by atoms with E-state index in [1.165, 1.54) is 4.90 Å². The predicted molar refractivity (Wildman–Crippen MR) is 72.3 cm³/mol. The van der Waals surface area contributed by atoms with E-state index in [-0.39, 0.29) is 13.2 Å². The highest BCUT2D eigenvalue weighted by Gasteiger charge is 2.32. The summed E-state index contributed by atoms with van der Waals surface area (Å²) in [5.74, 6) is -0.923. The summed E-state index contributed by atoms with van der Waals surface area (Å²) in [4.78, 5) is 26.2. The zero-order valence-electron chi connectivity index (χ0n) is 11.4. The van der Waals surface area contributed by atoms with Gasteiger partial charge in [0.15, 0.2) is 0 Å². The van der Waals surface area contributed by atoms with Crippen LogP contribution in [-0.4, -0.2) is 59.7 Å². The standard InChI is InChI=1S/C14H18N2O4/c1-15-7-8-16(9-12(15)13(17)18)14(19)20-10-11-5-3-2-4-6-11/h2-6,12H,7-10H2,1H3,(H,17,18). The Morgan fingerprint density at radius 2 is 2.00 bits per heavy atom. The lowest BCUT2D eigenvalue weighted by atomic mass is 10.2. The van der Waals surface area contributed by atoms with Gasteiger partial charge in [0, 0.05) is 13.1 Å². The van der Waals surface area contributed by atoms with Crippen molar-refractivity contribution in [1.29, 1.82) is 0 Å². The number of nitrogens with zero attached hydrogens (tertiary/aromatic N) is 2. The fourth-order valence-corrected chi connectivity index (χ4v) is 2.12. The van der Waals surface area contributed by atoms with Gasteiger partial charge in [-0.15, -0.1) is 0 Å². The number of aliphatic carboxylic acids is 1. The molecule has 1 unspecified atom stereocenters. The molecule has 6 heteroatoms. The largest absolute Gasteiger partial charge is 0.480 e. The number of hydrogen-bond acceptors (Lipinski definition) is 4. The third-order valence-corrected chi connectivity index (χ3v) is 3.40. The second-order valence-corrected chi connectivity index (χ2v) is 4.82. The third-order valence-electron chi connectivity index (χ3n) is 3.40. The van der Waals surface area contributed by atoms with E-state index in [1.54, 1.807) is 11.9 Å². The van der Waals surface area contributed by atoms with Crippen LogP contribution in [-0.2, 0) is 16.1 Å². The molecular weight excluding hydrogens is 260 g/mol. The Morgan fingerprint density at radius 3 is 2.65 bits per heavy atom. The summed E-state index contributed by atoms with van der Waals surface area (Å²) in [5, 5.41) is 9.10. The van der Waals surface area contributed by atoms with Gasteiger partial charge in [-0.3, -0.25) is 9.69 Å². The van der Waals surface area contributed by atoms with Gasteiger partial charge < -0.3 is 14.7 Å². The van der Waals surface area contributed by atoms with Gasteiger partial charge in [0.05, 0.1) is 6.54 Å². The first-order chi connectivity index (χ1) is 9.58. The van der Waals surface area contributed by atoms with Gasteiger partial charge in [-0.1, -0.05) is 30.3 Å². The molecule has 0 saturated carbocycles. The molecule has 0 bridgehead atoms. The normalized spacial score (nSPS) is 19.6. The maximum atomic E-state index is 11.9.